The van der Waals surface area contributed by atoms with E-state index in [1.165, 1.54) is 24.3 Å². The van der Waals surface area contributed by atoms with Gasteiger partial charge in [0.05, 0.1) is 12.7 Å². The van der Waals surface area contributed by atoms with Gasteiger partial charge >= 0.3 is 0 Å². The zero-order valence-electron chi connectivity index (χ0n) is 11.7. The average molecular weight is 280 g/mol. The molecule has 0 radical (unpaired) electrons. The van der Waals surface area contributed by atoms with Crippen LogP contribution in [0.4, 0.5) is 0 Å². The maximum absolute atomic E-state index is 6.16. The van der Waals surface area contributed by atoms with Crippen LogP contribution in [-0.4, -0.2) is 49.3 Å². The largest absolute Gasteiger partial charge is 0.374 e. The molecule has 106 valence electrons. The van der Waals surface area contributed by atoms with E-state index in [2.05, 4.69) is 34.7 Å². The van der Waals surface area contributed by atoms with Crippen molar-refractivity contribution in [1.29, 1.82) is 0 Å². The maximum Gasteiger partial charge on any atom is 0.0859 e. The van der Waals surface area contributed by atoms with Gasteiger partial charge in [-0.1, -0.05) is 13.0 Å². The van der Waals surface area contributed by atoms with Crippen molar-refractivity contribution >= 4 is 11.3 Å². The van der Waals surface area contributed by atoms with Crippen LogP contribution >= 0.6 is 11.3 Å². The summed E-state index contributed by atoms with van der Waals surface area (Å²) in [6.07, 6.45) is 4.10. The minimum atomic E-state index is 0.344. The third kappa shape index (κ3) is 3.19. The van der Waals surface area contributed by atoms with Crippen molar-refractivity contribution in [3.05, 3.63) is 22.4 Å². The molecule has 3 heterocycles. The Morgan fingerprint density at radius 1 is 1.58 bits per heavy atom. The number of hydrogen-bond acceptors (Lipinski definition) is 4. The molecule has 0 aromatic carbocycles. The monoisotopic (exact) mass is 280 g/mol. The van der Waals surface area contributed by atoms with Gasteiger partial charge in [0.1, 0.15) is 0 Å². The highest BCUT2D eigenvalue weighted by atomic mass is 32.1. The van der Waals surface area contributed by atoms with E-state index in [1.54, 1.807) is 0 Å². The fraction of sp³-hybridized carbons (Fsp3) is 0.733. The summed E-state index contributed by atoms with van der Waals surface area (Å²) in [7, 11) is 0. The van der Waals surface area contributed by atoms with Crippen LogP contribution in [0, 0.1) is 0 Å². The smallest absolute Gasteiger partial charge is 0.0859 e. The van der Waals surface area contributed by atoms with Crippen LogP contribution in [0.15, 0.2) is 17.5 Å². The van der Waals surface area contributed by atoms with E-state index >= 15 is 0 Å². The second-order valence-corrected chi connectivity index (χ2v) is 6.64. The second-order valence-electron chi connectivity index (χ2n) is 5.61. The Kier molecular flexibility index (Phi) is 4.53. The molecule has 3 nitrogen and oxygen atoms in total. The molecule has 2 saturated heterocycles. The number of likely N-dealkylation sites (N-methyl/N-ethyl adjacent to an activating group) is 1. The zero-order chi connectivity index (χ0) is 13.1. The molecule has 0 amide bonds. The van der Waals surface area contributed by atoms with Gasteiger partial charge in [-0.05, 0) is 43.8 Å². The molecule has 19 heavy (non-hydrogen) atoms. The lowest BCUT2D eigenvalue weighted by Gasteiger charge is -2.39. The topological polar surface area (TPSA) is 24.5 Å². The van der Waals surface area contributed by atoms with Gasteiger partial charge < -0.3 is 10.1 Å². The standard InChI is InChI=1S/C15H24N2OS/c1-2-16-14(9-13-6-4-8-19-13)15-10-17-7-3-5-12(17)11-18-15/h4,6,8,12,14-16H,2-3,5,7,9-11H2,1H3. The lowest BCUT2D eigenvalue weighted by Crippen LogP contribution is -2.54. The number of ether oxygens (including phenoxy) is 1. The van der Waals surface area contributed by atoms with Gasteiger partial charge in [-0.2, -0.15) is 0 Å². The lowest BCUT2D eigenvalue weighted by molar-refractivity contribution is -0.0640. The molecule has 0 saturated carbocycles. The molecule has 3 rings (SSSR count). The fourth-order valence-corrected chi connectivity index (χ4v) is 4.09. The number of nitrogens with one attached hydrogen (secondary N) is 1. The lowest BCUT2D eigenvalue weighted by atomic mass is 10.0. The SMILES string of the molecule is CCNC(Cc1cccs1)C1CN2CCCC2CO1. The molecule has 3 unspecified atom stereocenters. The van der Waals surface area contributed by atoms with Gasteiger partial charge in [0.25, 0.3) is 0 Å². The summed E-state index contributed by atoms with van der Waals surface area (Å²) in [5, 5.41) is 5.79. The molecule has 4 heteroatoms. The number of thiophene rings is 1. The molecule has 2 aliphatic heterocycles. The molecule has 2 fully saturated rings. The summed E-state index contributed by atoms with van der Waals surface area (Å²) in [5.74, 6) is 0. The summed E-state index contributed by atoms with van der Waals surface area (Å²) in [6, 6.07) is 5.52. The Labute approximate surface area is 119 Å². The summed E-state index contributed by atoms with van der Waals surface area (Å²) >= 11 is 1.85. The van der Waals surface area contributed by atoms with Crippen LogP contribution in [0.5, 0.6) is 0 Å². The summed E-state index contributed by atoms with van der Waals surface area (Å²) < 4.78 is 6.16. The number of hydrogen-bond donors (Lipinski definition) is 1. The second kappa shape index (κ2) is 6.35. The molecular formula is C15H24N2OS. The first-order valence-electron chi connectivity index (χ1n) is 7.48. The van der Waals surface area contributed by atoms with Crippen LogP contribution in [0.25, 0.3) is 0 Å². The highest BCUT2D eigenvalue weighted by molar-refractivity contribution is 7.09. The molecule has 3 atom stereocenters. The van der Waals surface area contributed by atoms with Gasteiger partial charge in [-0.15, -0.1) is 11.3 Å². The van der Waals surface area contributed by atoms with E-state index in [4.69, 9.17) is 4.74 Å². The van der Waals surface area contributed by atoms with Crippen molar-refractivity contribution in [2.45, 2.75) is 44.4 Å². The van der Waals surface area contributed by atoms with Crippen molar-refractivity contribution in [1.82, 2.24) is 10.2 Å². The van der Waals surface area contributed by atoms with Crippen LogP contribution in [0.2, 0.25) is 0 Å². The maximum atomic E-state index is 6.16. The van der Waals surface area contributed by atoms with Crippen LogP contribution in [0.1, 0.15) is 24.6 Å². The van der Waals surface area contributed by atoms with E-state index in [1.807, 2.05) is 11.3 Å². The fourth-order valence-electron chi connectivity index (χ4n) is 3.33. The predicted molar refractivity (Wildman–Crippen MR) is 79.8 cm³/mol. The molecule has 0 aliphatic carbocycles. The molecule has 0 spiro atoms. The van der Waals surface area contributed by atoms with Gasteiger partial charge in [0.2, 0.25) is 0 Å². The number of fused-ring (bicyclic) bond motifs is 1. The van der Waals surface area contributed by atoms with Gasteiger partial charge in [0.15, 0.2) is 0 Å². The van der Waals surface area contributed by atoms with Crippen molar-refractivity contribution in [3.8, 4) is 0 Å². The third-order valence-electron chi connectivity index (χ3n) is 4.33. The Hall–Kier alpha value is -0.420. The highest BCUT2D eigenvalue weighted by Crippen LogP contribution is 2.25. The first kappa shape index (κ1) is 13.6. The van der Waals surface area contributed by atoms with Crippen LogP contribution in [0.3, 0.4) is 0 Å². The van der Waals surface area contributed by atoms with Crippen molar-refractivity contribution < 1.29 is 4.74 Å². The molecule has 1 aromatic rings. The summed E-state index contributed by atoms with van der Waals surface area (Å²) in [6.45, 7) is 6.50. The van der Waals surface area contributed by atoms with E-state index in [0.29, 0.717) is 18.2 Å². The Morgan fingerprint density at radius 2 is 2.53 bits per heavy atom. The zero-order valence-corrected chi connectivity index (χ0v) is 12.5. The van der Waals surface area contributed by atoms with Gasteiger partial charge in [0, 0.05) is 23.5 Å². The van der Waals surface area contributed by atoms with Crippen molar-refractivity contribution in [2.24, 2.45) is 0 Å². The highest BCUT2D eigenvalue weighted by Gasteiger charge is 2.35. The van der Waals surface area contributed by atoms with Gasteiger partial charge in [-0.3, -0.25) is 4.90 Å². The number of nitrogens with zero attached hydrogens (tertiary/aromatic N) is 1. The average Bonchev–Trinajstić information content (AvgIpc) is 3.08. The van der Waals surface area contributed by atoms with E-state index < -0.39 is 0 Å². The van der Waals surface area contributed by atoms with Gasteiger partial charge in [-0.25, -0.2) is 0 Å². The molecule has 1 N–H and O–H groups in total. The van der Waals surface area contributed by atoms with Crippen molar-refractivity contribution in [3.63, 3.8) is 0 Å². The van der Waals surface area contributed by atoms with E-state index in [0.717, 1.165) is 26.1 Å². The van der Waals surface area contributed by atoms with E-state index in [-0.39, 0.29) is 0 Å². The Morgan fingerprint density at radius 3 is 3.32 bits per heavy atom. The molecular weight excluding hydrogens is 256 g/mol. The first-order chi connectivity index (χ1) is 9.36. The summed E-state index contributed by atoms with van der Waals surface area (Å²) in [5.41, 5.74) is 0. The predicted octanol–water partition coefficient (Wildman–Crippen LogP) is 2.13. The normalized spacial score (nSPS) is 29.3. The quantitative estimate of drug-likeness (QED) is 0.894. The molecule has 1 aromatic heterocycles. The number of morpholine rings is 1. The third-order valence-corrected chi connectivity index (χ3v) is 5.23. The molecule has 2 aliphatic rings. The Balaban J connectivity index is 1.62. The van der Waals surface area contributed by atoms with Crippen LogP contribution in [-0.2, 0) is 11.2 Å². The number of rotatable bonds is 5. The first-order valence-corrected chi connectivity index (χ1v) is 8.36. The van der Waals surface area contributed by atoms with E-state index in [9.17, 15) is 0 Å². The minimum Gasteiger partial charge on any atom is -0.374 e. The van der Waals surface area contributed by atoms with Crippen LogP contribution < -0.4 is 5.32 Å². The minimum absolute atomic E-state index is 0.344. The molecule has 0 bridgehead atoms. The Bertz CT molecular complexity index is 382. The van der Waals surface area contributed by atoms with Crippen molar-refractivity contribution in [2.75, 3.05) is 26.2 Å². The summed E-state index contributed by atoms with van der Waals surface area (Å²) in [4.78, 5) is 4.09.